The molecular formula is C12H22N+. The Hall–Kier alpha value is -0.0400. The summed E-state index contributed by atoms with van der Waals surface area (Å²) in [6.45, 7) is -1.86. The van der Waals surface area contributed by atoms with E-state index in [-0.39, 0.29) is 11.5 Å². The zero-order valence-corrected chi connectivity index (χ0v) is 8.26. The average molecular weight is 183 g/mol. The first-order valence-corrected chi connectivity index (χ1v) is 5.72. The standard InChI is InChI=1S/C12H21N/c1-8(13)12-5-9-2-10(6-12)4-11(3-9)7-12/h8-11H,2-7,13H2,1H3/p+1/t8-,9?,10?,11?,12?/m0/s1/i1D3. The summed E-state index contributed by atoms with van der Waals surface area (Å²) in [5.74, 6) is 2.45. The highest BCUT2D eigenvalue weighted by molar-refractivity contribution is 5.02. The molecule has 0 radical (unpaired) electrons. The molecule has 13 heavy (non-hydrogen) atoms. The summed E-state index contributed by atoms with van der Waals surface area (Å²) < 4.78 is 22.9. The van der Waals surface area contributed by atoms with Gasteiger partial charge in [0.05, 0.1) is 6.04 Å². The summed E-state index contributed by atoms with van der Waals surface area (Å²) in [5, 5.41) is 0. The number of hydrogen-bond donors (Lipinski definition) is 1. The minimum Gasteiger partial charge on any atom is -0.355 e. The minimum atomic E-state index is -1.86. The van der Waals surface area contributed by atoms with Crippen molar-refractivity contribution in [3.05, 3.63) is 0 Å². The van der Waals surface area contributed by atoms with Gasteiger partial charge in [-0.3, -0.25) is 0 Å². The summed E-state index contributed by atoms with van der Waals surface area (Å²) >= 11 is 0. The molecule has 74 valence electrons. The third-order valence-corrected chi connectivity index (χ3v) is 4.82. The third kappa shape index (κ3) is 1.09. The molecule has 3 N–H and O–H groups in total. The molecule has 0 aliphatic heterocycles. The van der Waals surface area contributed by atoms with Crippen LogP contribution in [0.4, 0.5) is 0 Å². The molecule has 0 aromatic rings. The molecule has 0 spiro atoms. The van der Waals surface area contributed by atoms with Gasteiger partial charge in [0.25, 0.3) is 0 Å². The van der Waals surface area contributed by atoms with Crippen LogP contribution >= 0.6 is 0 Å². The van der Waals surface area contributed by atoms with E-state index in [1.54, 1.807) is 0 Å². The van der Waals surface area contributed by atoms with Gasteiger partial charge < -0.3 is 5.73 Å². The van der Waals surface area contributed by atoms with Crippen LogP contribution in [-0.2, 0) is 0 Å². The van der Waals surface area contributed by atoms with E-state index in [1.807, 2.05) is 0 Å². The number of hydrogen-bond acceptors (Lipinski definition) is 0. The van der Waals surface area contributed by atoms with Gasteiger partial charge in [-0.15, -0.1) is 0 Å². The summed E-state index contributed by atoms with van der Waals surface area (Å²) in [6, 6.07) is -0.339. The van der Waals surface area contributed by atoms with Crippen LogP contribution < -0.4 is 5.73 Å². The van der Waals surface area contributed by atoms with E-state index >= 15 is 0 Å². The predicted molar refractivity (Wildman–Crippen MR) is 53.0 cm³/mol. The van der Waals surface area contributed by atoms with Crippen LogP contribution in [0, 0.1) is 23.2 Å². The summed E-state index contributed by atoms with van der Waals surface area (Å²) in [4.78, 5) is 0. The molecule has 1 atom stereocenters. The van der Waals surface area contributed by atoms with Crippen molar-refractivity contribution in [3.63, 3.8) is 0 Å². The molecule has 0 heterocycles. The monoisotopic (exact) mass is 183 g/mol. The fourth-order valence-electron chi connectivity index (χ4n) is 4.60. The topological polar surface area (TPSA) is 27.6 Å². The fraction of sp³-hybridized carbons (Fsp3) is 1.00. The second kappa shape index (κ2) is 2.50. The lowest BCUT2D eigenvalue weighted by Crippen LogP contribution is -2.70. The molecule has 0 aromatic carbocycles. The highest BCUT2D eigenvalue weighted by Gasteiger charge is 2.53. The molecule has 4 saturated carbocycles. The Kier molecular flexibility index (Phi) is 1.11. The van der Waals surface area contributed by atoms with Gasteiger partial charge in [-0.1, -0.05) is 0 Å². The molecular weight excluding hydrogens is 158 g/mol. The van der Waals surface area contributed by atoms with Crippen LogP contribution in [-0.4, -0.2) is 6.04 Å². The second-order valence-corrected chi connectivity index (χ2v) is 5.83. The third-order valence-electron chi connectivity index (χ3n) is 4.82. The van der Waals surface area contributed by atoms with Crippen molar-refractivity contribution < 1.29 is 9.85 Å². The van der Waals surface area contributed by atoms with Crippen LogP contribution in [0.2, 0.25) is 0 Å². The SMILES string of the molecule is [2H]C([2H])([2H])[C@H]([NH3+])C12CC3CC(CC(C3)C1)C2. The molecule has 1 nitrogen and oxygen atoms in total. The fourth-order valence-corrected chi connectivity index (χ4v) is 4.60. The minimum absolute atomic E-state index is 0.0694. The Morgan fingerprint density at radius 1 is 1.15 bits per heavy atom. The molecule has 0 saturated heterocycles. The van der Waals surface area contributed by atoms with Crippen molar-refractivity contribution in [2.75, 3.05) is 0 Å². The molecule has 4 aliphatic rings. The van der Waals surface area contributed by atoms with Gasteiger partial charge in [-0.2, -0.15) is 0 Å². The Bertz CT molecular complexity index is 262. The summed E-state index contributed by atoms with van der Waals surface area (Å²) in [6.07, 6.45) is 7.54. The Balaban J connectivity index is 1.88. The van der Waals surface area contributed by atoms with Gasteiger partial charge in [0.1, 0.15) is 0 Å². The first-order chi connectivity index (χ1) is 7.39. The van der Waals surface area contributed by atoms with Gasteiger partial charge in [-0.25, -0.2) is 0 Å². The predicted octanol–water partition coefficient (Wildman–Crippen LogP) is 1.83. The van der Waals surface area contributed by atoms with Crippen LogP contribution in [0.25, 0.3) is 0 Å². The Morgan fingerprint density at radius 3 is 2.00 bits per heavy atom. The van der Waals surface area contributed by atoms with E-state index in [0.717, 1.165) is 37.0 Å². The zero-order valence-electron chi connectivity index (χ0n) is 11.3. The van der Waals surface area contributed by atoms with Crippen molar-refractivity contribution in [1.29, 1.82) is 0 Å². The maximum absolute atomic E-state index is 7.64. The smallest absolute Gasteiger partial charge is 0.0872 e. The van der Waals surface area contributed by atoms with E-state index in [0.29, 0.717) is 0 Å². The van der Waals surface area contributed by atoms with E-state index in [2.05, 4.69) is 5.73 Å². The number of rotatable bonds is 1. The van der Waals surface area contributed by atoms with Crippen molar-refractivity contribution in [1.82, 2.24) is 0 Å². The molecule has 1 heteroatoms. The lowest BCUT2D eigenvalue weighted by Gasteiger charge is -2.57. The van der Waals surface area contributed by atoms with Gasteiger partial charge in [-0.05, 0) is 63.1 Å². The lowest BCUT2D eigenvalue weighted by atomic mass is 9.48. The first kappa shape index (κ1) is 5.75. The Morgan fingerprint density at radius 2 is 1.62 bits per heavy atom. The summed E-state index contributed by atoms with van der Waals surface area (Å²) in [7, 11) is 0. The van der Waals surface area contributed by atoms with Crippen LogP contribution in [0.5, 0.6) is 0 Å². The average Bonchev–Trinajstić information content (AvgIpc) is 2.12. The maximum atomic E-state index is 7.64. The van der Waals surface area contributed by atoms with Crippen molar-refractivity contribution in [2.24, 2.45) is 23.2 Å². The van der Waals surface area contributed by atoms with Crippen molar-refractivity contribution >= 4 is 0 Å². The van der Waals surface area contributed by atoms with Crippen LogP contribution in [0.1, 0.15) is 49.5 Å². The Labute approximate surface area is 85.3 Å². The molecule has 0 amide bonds. The molecule has 0 aromatic heterocycles. The molecule has 4 bridgehead atoms. The first-order valence-electron chi connectivity index (χ1n) is 7.22. The van der Waals surface area contributed by atoms with Gasteiger partial charge in [0.2, 0.25) is 0 Å². The van der Waals surface area contributed by atoms with Crippen molar-refractivity contribution in [3.8, 4) is 0 Å². The highest BCUT2D eigenvalue weighted by Crippen LogP contribution is 2.60. The second-order valence-electron chi connectivity index (χ2n) is 5.83. The zero-order chi connectivity index (χ0) is 11.6. The molecule has 4 aliphatic carbocycles. The van der Waals surface area contributed by atoms with E-state index in [9.17, 15) is 0 Å². The van der Waals surface area contributed by atoms with E-state index in [1.165, 1.54) is 19.3 Å². The molecule has 4 fully saturated rings. The van der Waals surface area contributed by atoms with Crippen LogP contribution in [0.3, 0.4) is 0 Å². The van der Waals surface area contributed by atoms with Gasteiger partial charge >= 0.3 is 0 Å². The normalized spacial score (nSPS) is 59.8. The largest absolute Gasteiger partial charge is 0.355 e. The van der Waals surface area contributed by atoms with E-state index in [4.69, 9.17) is 4.11 Å². The van der Waals surface area contributed by atoms with Gasteiger partial charge in [0.15, 0.2) is 0 Å². The lowest BCUT2D eigenvalue weighted by molar-refractivity contribution is -0.451. The van der Waals surface area contributed by atoms with E-state index < -0.39 is 6.85 Å². The molecule has 0 unspecified atom stereocenters. The highest BCUT2D eigenvalue weighted by atomic mass is 14.7. The van der Waals surface area contributed by atoms with Crippen LogP contribution in [0.15, 0.2) is 0 Å². The summed E-state index contributed by atoms with van der Waals surface area (Å²) in [5.41, 5.74) is 4.11. The van der Waals surface area contributed by atoms with Crippen molar-refractivity contribution in [2.45, 2.75) is 51.4 Å². The number of quaternary nitrogens is 1. The maximum Gasteiger partial charge on any atom is 0.0872 e. The quantitative estimate of drug-likeness (QED) is 0.642. The van der Waals surface area contributed by atoms with Gasteiger partial charge in [0, 0.05) is 9.53 Å². The molecule has 4 rings (SSSR count).